The summed E-state index contributed by atoms with van der Waals surface area (Å²) in [5.74, 6) is 2.04. The summed E-state index contributed by atoms with van der Waals surface area (Å²) in [6.07, 6.45) is 2.59. The molecule has 6 heteroatoms. The molecule has 0 atom stereocenters. The number of furan rings is 1. The van der Waals surface area contributed by atoms with Crippen molar-refractivity contribution in [1.29, 1.82) is 0 Å². The van der Waals surface area contributed by atoms with Crippen molar-refractivity contribution < 1.29 is 13.9 Å². The largest absolute Gasteiger partial charge is 0.491 e. The monoisotopic (exact) mass is 331 g/mol. The van der Waals surface area contributed by atoms with Gasteiger partial charge in [-0.25, -0.2) is 0 Å². The Labute approximate surface area is 142 Å². The first-order valence-electron chi connectivity index (χ1n) is 8.07. The normalized spacial score (nSPS) is 11.7. The van der Waals surface area contributed by atoms with E-state index in [9.17, 15) is 0 Å². The van der Waals surface area contributed by atoms with Crippen molar-refractivity contribution >= 4 is 11.6 Å². The van der Waals surface area contributed by atoms with E-state index in [1.807, 2.05) is 50.2 Å². The minimum absolute atomic E-state index is 0.158. The first-order chi connectivity index (χ1) is 11.6. The first kappa shape index (κ1) is 17.9. The lowest BCUT2D eigenvalue weighted by Crippen LogP contribution is -2.23. The third-order valence-corrected chi connectivity index (χ3v) is 3.05. The average Bonchev–Trinajstić information content (AvgIpc) is 3.05. The van der Waals surface area contributed by atoms with Gasteiger partial charge in [-0.2, -0.15) is 0 Å². The summed E-state index contributed by atoms with van der Waals surface area (Å²) >= 11 is 0. The zero-order valence-electron chi connectivity index (χ0n) is 14.2. The summed E-state index contributed by atoms with van der Waals surface area (Å²) in [6.45, 7) is 5.68. The molecule has 1 heterocycles. The molecule has 2 aromatic rings. The Balaban J connectivity index is 1.64. The molecule has 0 aliphatic heterocycles. The Morgan fingerprint density at radius 2 is 2.04 bits per heavy atom. The summed E-state index contributed by atoms with van der Waals surface area (Å²) in [5, 5.41) is 3.05. The van der Waals surface area contributed by atoms with Crippen molar-refractivity contribution in [2.45, 2.75) is 33.0 Å². The molecule has 0 saturated heterocycles. The number of ether oxygens (including phenoxy) is 2. The lowest BCUT2D eigenvalue weighted by atomic mass is 10.3. The Hall–Kier alpha value is -2.47. The summed E-state index contributed by atoms with van der Waals surface area (Å²) in [5.41, 5.74) is 6.74. The van der Waals surface area contributed by atoms with E-state index in [1.54, 1.807) is 6.26 Å². The van der Waals surface area contributed by atoms with Gasteiger partial charge in [0.25, 0.3) is 0 Å². The van der Waals surface area contributed by atoms with Crippen LogP contribution in [-0.2, 0) is 11.3 Å². The van der Waals surface area contributed by atoms with Gasteiger partial charge in [-0.1, -0.05) is 0 Å². The van der Waals surface area contributed by atoms with Gasteiger partial charge in [-0.3, -0.25) is 4.99 Å². The van der Waals surface area contributed by atoms with Gasteiger partial charge in [0.05, 0.1) is 12.4 Å². The zero-order valence-corrected chi connectivity index (χ0v) is 14.2. The number of hydrogen-bond acceptors (Lipinski definition) is 4. The molecule has 0 amide bonds. The van der Waals surface area contributed by atoms with Crippen molar-refractivity contribution in [3.63, 3.8) is 0 Å². The van der Waals surface area contributed by atoms with Crippen LogP contribution >= 0.6 is 0 Å². The summed E-state index contributed by atoms with van der Waals surface area (Å²) < 4.78 is 16.3. The quantitative estimate of drug-likeness (QED) is 0.418. The third kappa shape index (κ3) is 6.75. The number of benzene rings is 1. The SMILES string of the molecule is CC(C)Oc1ccc(NC(N)=NCCCOCc2ccco2)cc1. The topological polar surface area (TPSA) is 82.0 Å². The van der Waals surface area contributed by atoms with E-state index in [2.05, 4.69) is 10.3 Å². The van der Waals surface area contributed by atoms with Crippen LogP contribution < -0.4 is 15.8 Å². The third-order valence-electron chi connectivity index (χ3n) is 3.05. The van der Waals surface area contributed by atoms with Crippen LogP contribution in [0.15, 0.2) is 52.1 Å². The second-order valence-electron chi connectivity index (χ2n) is 5.57. The number of nitrogens with two attached hydrogens (primary N) is 1. The van der Waals surface area contributed by atoms with Gasteiger partial charge in [0.1, 0.15) is 18.1 Å². The maximum atomic E-state index is 5.87. The Bertz CT molecular complexity index is 607. The molecule has 0 aliphatic rings. The van der Waals surface area contributed by atoms with Crippen LogP contribution in [0, 0.1) is 0 Å². The number of nitrogens with one attached hydrogen (secondary N) is 1. The fourth-order valence-corrected chi connectivity index (χ4v) is 2.01. The summed E-state index contributed by atoms with van der Waals surface area (Å²) in [7, 11) is 0. The molecular formula is C18H25N3O3. The van der Waals surface area contributed by atoms with E-state index in [4.69, 9.17) is 19.6 Å². The predicted octanol–water partition coefficient (Wildman–Crippen LogP) is 3.40. The Morgan fingerprint density at radius 3 is 2.71 bits per heavy atom. The smallest absolute Gasteiger partial charge is 0.193 e. The van der Waals surface area contributed by atoms with Crippen LogP contribution in [0.4, 0.5) is 5.69 Å². The Morgan fingerprint density at radius 1 is 1.25 bits per heavy atom. The van der Waals surface area contributed by atoms with Crippen LogP contribution in [0.2, 0.25) is 0 Å². The molecule has 0 fully saturated rings. The van der Waals surface area contributed by atoms with Gasteiger partial charge in [0.2, 0.25) is 0 Å². The molecule has 24 heavy (non-hydrogen) atoms. The standard InChI is InChI=1S/C18H25N3O3/c1-14(2)24-16-8-6-15(7-9-16)21-18(19)20-10-4-11-22-13-17-5-3-12-23-17/h3,5-9,12,14H,4,10-11,13H2,1-2H3,(H3,19,20,21). The number of aliphatic imine (C=N–C) groups is 1. The highest BCUT2D eigenvalue weighted by molar-refractivity contribution is 5.92. The molecule has 0 aliphatic carbocycles. The molecule has 2 rings (SSSR count). The average molecular weight is 331 g/mol. The van der Waals surface area contributed by atoms with E-state index >= 15 is 0 Å². The maximum absolute atomic E-state index is 5.87. The van der Waals surface area contributed by atoms with Crippen LogP contribution in [0.1, 0.15) is 26.0 Å². The highest BCUT2D eigenvalue weighted by Crippen LogP contribution is 2.16. The minimum atomic E-state index is 0.158. The lowest BCUT2D eigenvalue weighted by molar-refractivity contribution is 0.105. The van der Waals surface area contributed by atoms with Gasteiger partial charge >= 0.3 is 0 Å². The molecule has 1 aromatic carbocycles. The summed E-state index contributed by atoms with van der Waals surface area (Å²) in [4.78, 5) is 4.27. The van der Waals surface area contributed by atoms with Gasteiger partial charge in [0, 0.05) is 18.8 Å². The molecule has 6 nitrogen and oxygen atoms in total. The number of nitrogens with zero attached hydrogens (tertiary/aromatic N) is 1. The van der Waals surface area contributed by atoms with Crippen LogP contribution in [-0.4, -0.2) is 25.2 Å². The van der Waals surface area contributed by atoms with Crippen molar-refractivity contribution in [2.75, 3.05) is 18.5 Å². The maximum Gasteiger partial charge on any atom is 0.193 e. The van der Waals surface area contributed by atoms with E-state index in [0.717, 1.165) is 23.6 Å². The number of rotatable bonds is 9. The van der Waals surface area contributed by atoms with Crippen molar-refractivity contribution in [1.82, 2.24) is 0 Å². The van der Waals surface area contributed by atoms with E-state index in [0.29, 0.717) is 25.7 Å². The Kier molecular flexibility index (Phi) is 7.17. The van der Waals surface area contributed by atoms with Gasteiger partial charge in [-0.05, 0) is 56.7 Å². The highest BCUT2D eigenvalue weighted by atomic mass is 16.5. The molecule has 0 saturated carbocycles. The fraction of sp³-hybridized carbons (Fsp3) is 0.389. The van der Waals surface area contributed by atoms with Crippen molar-refractivity contribution in [2.24, 2.45) is 10.7 Å². The molecule has 0 unspecified atom stereocenters. The van der Waals surface area contributed by atoms with E-state index in [1.165, 1.54) is 0 Å². The van der Waals surface area contributed by atoms with Crippen LogP contribution in [0.3, 0.4) is 0 Å². The highest BCUT2D eigenvalue weighted by Gasteiger charge is 1.99. The number of hydrogen-bond donors (Lipinski definition) is 2. The van der Waals surface area contributed by atoms with E-state index in [-0.39, 0.29) is 6.10 Å². The van der Waals surface area contributed by atoms with Crippen molar-refractivity contribution in [3.8, 4) is 5.75 Å². The molecule has 3 N–H and O–H groups in total. The zero-order chi connectivity index (χ0) is 17.2. The minimum Gasteiger partial charge on any atom is -0.491 e. The number of anilines is 1. The lowest BCUT2D eigenvalue weighted by Gasteiger charge is -2.11. The number of guanidine groups is 1. The van der Waals surface area contributed by atoms with Crippen LogP contribution in [0.25, 0.3) is 0 Å². The second kappa shape index (κ2) is 9.62. The van der Waals surface area contributed by atoms with Crippen LogP contribution in [0.5, 0.6) is 5.75 Å². The van der Waals surface area contributed by atoms with Gasteiger partial charge in [0.15, 0.2) is 5.96 Å². The summed E-state index contributed by atoms with van der Waals surface area (Å²) in [6, 6.07) is 11.4. The first-order valence-corrected chi connectivity index (χ1v) is 8.07. The fourth-order valence-electron chi connectivity index (χ4n) is 2.01. The molecular weight excluding hydrogens is 306 g/mol. The molecule has 0 bridgehead atoms. The predicted molar refractivity (Wildman–Crippen MR) is 95.3 cm³/mol. The van der Waals surface area contributed by atoms with Gasteiger partial charge < -0.3 is 24.9 Å². The molecule has 0 spiro atoms. The molecule has 0 radical (unpaired) electrons. The van der Waals surface area contributed by atoms with Gasteiger partial charge in [-0.15, -0.1) is 0 Å². The van der Waals surface area contributed by atoms with E-state index < -0.39 is 0 Å². The second-order valence-corrected chi connectivity index (χ2v) is 5.57. The van der Waals surface area contributed by atoms with Crippen molar-refractivity contribution in [3.05, 3.63) is 48.4 Å². The molecule has 1 aromatic heterocycles. The molecule has 130 valence electrons.